The van der Waals surface area contributed by atoms with Crippen molar-refractivity contribution in [3.8, 4) is 0 Å². The van der Waals surface area contributed by atoms with Crippen LogP contribution in [0.3, 0.4) is 0 Å². The molecule has 0 radical (unpaired) electrons. The third kappa shape index (κ3) is 4.28. The van der Waals surface area contributed by atoms with Crippen LogP contribution in [0.4, 0.5) is 11.4 Å². The molecule has 0 bridgehead atoms. The normalized spacial score (nSPS) is 18.8. The number of hydrogen-bond acceptors (Lipinski definition) is 3. The summed E-state index contributed by atoms with van der Waals surface area (Å²) in [5.41, 5.74) is 1.87. The number of carbonyl (C=O) groups is 2. The van der Waals surface area contributed by atoms with E-state index in [0.717, 1.165) is 38.8 Å². The van der Waals surface area contributed by atoms with Crippen molar-refractivity contribution in [3.05, 3.63) is 24.3 Å². The van der Waals surface area contributed by atoms with E-state index in [1.807, 2.05) is 24.3 Å². The van der Waals surface area contributed by atoms with Crippen molar-refractivity contribution in [2.75, 3.05) is 36.4 Å². The topological polar surface area (TPSA) is 52.7 Å². The van der Waals surface area contributed by atoms with Crippen LogP contribution in [-0.4, -0.2) is 42.9 Å². The molecule has 2 amide bonds. The van der Waals surface area contributed by atoms with Gasteiger partial charge < -0.3 is 15.1 Å². The fourth-order valence-corrected chi connectivity index (χ4v) is 3.51. The summed E-state index contributed by atoms with van der Waals surface area (Å²) in [6.07, 6.45) is 8.05. The van der Waals surface area contributed by atoms with Crippen LogP contribution in [0.2, 0.25) is 0 Å². The van der Waals surface area contributed by atoms with Crippen LogP contribution < -0.4 is 10.2 Å². The quantitative estimate of drug-likeness (QED) is 0.849. The van der Waals surface area contributed by atoms with Crippen LogP contribution in [0, 0.1) is 0 Å². The molecule has 0 spiro atoms. The van der Waals surface area contributed by atoms with Crippen molar-refractivity contribution in [3.63, 3.8) is 0 Å². The highest BCUT2D eigenvalue weighted by Crippen LogP contribution is 2.22. The van der Waals surface area contributed by atoms with Crippen molar-refractivity contribution in [2.45, 2.75) is 44.9 Å². The number of nitrogens with one attached hydrogen (secondary N) is 1. The van der Waals surface area contributed by atoms with Gasteiger partial charge in [0.05, 0.1) is 0 Å². The number of hydrogen-bond donors (Lipinski definition) is 1. The van der Waals surface area contributed by atoms with E-state index < -0.39 is 11.8 Å². The van der Waals surface area contributed by atoms with Gasteiger partial charge in [0.15, 0.2) is 0 Å². The third-order valence-electron chi connectivity index (χ3n) is 4.93. The summed E-state index contributed by atoms with van der Waals surface area (Å²) in [6.45, 7) is 3.58. The minimum atomic E-state index is -0.525. The Morgan fingerprint density at radius 1 is 0.750 bits per heavy atom. The molecule has 5 heteroatoms. The maximum Gasteiger partial charge on any atom is 0.313 e. The molecule has 2 fully saturated rings. The third-order valence-corrected chi connectivity index (χ3v) is 4.93. The number of carbonyl (C=O) groups excluding carboxylic acids is 2. The zero-order chi connectivity index (χ0) is 16.8. The van der Waals surface area contributed by atoms with Gasteiger partial charge in [0.2, 0.25) is 0 Å². The van der Waals surface area contributed by atoms with Crippen LogP contribution >= 0.6 is 0 Å². The van der Waals surface area contributed by atoms with Crippen molar-refractivity contribution >= 4 is 23.2 Å². The lowest BCUT2D eigenvalue weighted by atomic mass is 10.1. The molecular weight excluding hydrogens is 302 g/mol. The van der Waals surface area contributed by atoms with E-state index in [1.54, 1.807) is 4.90 Å². The van der Waals surface area contributed by atoms with Crippen LogP contribution in [0.1, 0.15) is 44.9 Å². The first-order valence-electron chi connectivity index (χ1n) is 9.19. The second-order valence-corrected chi connectivity index (χ2v) is 6.76. The lowest BCUT2D eigenvalue weighted by molar-refractivity contribution is -0.143. The average molecular weight is 329 g/mol. The lowest BCUT2D eigenvalue weighted by Gasteiger charge is -2.28. The molecule has 0 atom stereocenters. The monoisotopic (exact) mass is 329 g/mol. The van der Waals surface area contributed by atoms with Gasteiger partial charge in [-0.15, -0.1) is 0 Å². The molecule has 0 aromatic heterocycles. The van der Waals surface area contributed by atoms with E-state index >= 15 is 0 Å². The van der Waals surface area contributed by atoms with Gasteiger partial charge in [-0.25, -0.2) is 0 Å². The number of nitrogens with zero attached hydrogens (tertiary/aromatic N) is 2. The summed E-state index contributed by atoms with van der Waals surface area (Å²) in [7, 11) is 0. The number of amides is 2. The fourth-order valence-electron chi connectivity index (χ4n) is 3.51. The van der Waals surface area contributed by atoms with Gasteiger partial charge in [0.1, 0.15) is 0 Å². The standard InChI is InChI=1S/C19H27N3O2/c23-18(19(24)22-14-4-1-2-5-15-22)20-16-8-10-17(11-9-16)21-12-6-3-7-13-21/h8-11H,1-7,12-15H2,(H,20,23). The highest BCUT2D eigenvalue weighted by molar-refractivity contribution is 6.39. The van der Waals surface area contributed by atoms with E-state index in [1.165, 1.54) is 24.9 Å². The van der Waals surface area contributed by atoms with Crippen LogP contribution in [0.15, 0.2) is 24.3 Å². The summed E-state index contributed by atoms with van der Waals surface area (Å²) in [5.74, 6) is -0.931. The lowest BCUT2D eigenvalue weighted by Crippen LogP contribution is -2.40. The average Bonchev–Trinajstić information content (AvgIpc) is 2.92. The Bertz CT molecular complexity index is 556. The van der Waals surface area contributed by atoms with Gasteiger partial charge in [-0.05, 0) is 56.4 Å². The smallest absolute Gasteiger partial charge is 0.313 e. The van der Waals surface area contributed by atoms with Gasteiger partial charge in [0, 0.05) is 37.6 Å². The molecule has 2 aliphatic heterocycles. The number of rotatable bonds is 2. The molecule has 0 unspecified atom stereocenters. The molecule has 5 nitrogen and oxygen atoms in total. The zero-order valence-corrected chi connectivity index (χ0v) is 14.3. The number of anilines is 2. The van der Waals surface area contributed by atoms with Gasteiger partial charge in [-0.2, -0.15) is 0 Å². The second kappa shape index (κ2) is 8.18. The molecule has 0 saturated carbocycles. The molecule has 2 heterocycles. The maximum atomic E-state index is 12.3. The second-order valence-electron chi connectivity index (χ2n) is 6.76. The van der Waals surface area contributed by atoms with Gasteiger partial charge >= 0.3 is 11.8 Å². The number of benzene rings is 1. The molecule has 2 saturated heterocycles. The predicted octanol–water partition coefficient (Wildman–Crippen LogP) is 3.02. The Labute approximate surface area is 144 Å². The van der Waals surface area contributed by atoms with E-state index in [0.29, 0.717) is 18.8 Å². The van der Waals surface area contributed by atoms with E-state index in [2.05, 4.69) is 10.2 Å². The zero-order valence-electron chi connectivity index (χ0n) is 14.3. The van der Waals surface area contributed by atoms with Crippen LogP contribution in [0.25, 0.3) is 0 Å². The van der Waals surface area contributed by atoms with E-state index in [-0.39, 0.29) is 0 Å². The molecule has 130 valence electrons. The molecule has 1 aromatic carbocycles. The highest BCUT2D eigenvalue weighted by atomic mass is 16.2. The first-order chi connectivity index (χ1) is 11.7. The Morgan fingerprint density at radius 2 is 1.29 bits per heavy atom. The largest absolute Gasteiger partial charge is 0.372 e. The molecule has 2 aliphatic rings. The summed E-state index contributed by atoms with van der Waals surface area (Å²) >= 11 is 0. The summed E-state index contributed by atoms with van der Waals surface area (Å²) in [5, 5.41) is 2.74. The minimum absolute atomic E-state index is 0.406. The molecule has 1 N–H and O–H groups in total. The Balaban J connectivity index is 1.56. The van der Waals surface area contributed by atoms with Crippen LogP contribution in [0.5, 0.6) is 0 Å². The summed E-state index contributed by atoms with van der Waals surface area (Å²) < 4.78 is 0. The van der Waals surface area contributed by atoms with Crippen molar-refractivity contribution in [1.82, 2.24) is 4.90 Å². The fraction of sp³-hybridized carbons (Fsp3) is 0.579. The minimum Gasteiger partial charge on any atom is -0.372 e. The predicted molar refractivity (Wildman–Crippen MR) is 96.2 cm³/mol. The van der Waals surface area contributed by atoms with Gasteiger partial charge in [0.25, 0.3) is 0 Å². The molecule has 1 aromatic rings. The summed E-state index contributed by atoms with van der Waals surface area (Å²) in [6, 6.07) is 7.82. The SMILES string of the molecule is O=C(Nc1ccc(N2CCCCC2)cc1)C(=O)N1CCCCCC1. The summed E-state index contributed by atoms with van der Waals surface area (Å²) in [4.78, 5) is 28.5. The first kappa shape index (κ1) is 16.8. The Morgan fingerprint density at radius 3 is 1.92 bits per heavy atom. The maximum absolute atomic E-state index is 12.3. The highest BCUT2D eigenvalue weighted by Gasteiger charge is 2.22. The molecular formula is C19H27N3O2. The van der Waals surface area contributed by atoms with E-state index in [4.69, 9.17) is 0 Å². The van der Waals surface area contributed by atoms with Gasteiger partial charge in [-0.3, -0.25) is 9.59 Å². The van der Waals surface area contributed by atoms with Crippen molar-refractivity contribution in [2.24, 2.45) is 0 Å². The number of piperidine rings is 1. The molecule has 24 heavy (non-hydrogen) atoms. The van der Waals surface area contributed by atoms with Gasteiger partial charge in [-0.1, -0.05) is 12.8 Å². The van der Waals surface area contributed by atoms with Crippen molar-refractivity contribution in [1.29, 1.82) is 0 Å². The molecule has 0 aliphatic carbocycles. The van der Waals surface area contributed by atoms with Crippen LogP contribution in [-0.2, 0) is 9.59 Å². The molecule has 3 rings (SSSR count). The Hall–Kier alpha value is -2.04. The first-order valence-corrected chi connectivity index (χ1v) is 9.19. The van der Waals surface area contributed by atoms with E-state index in [9.17, 15) is 9.59 Å². The number of likely N-dealkylation sites (tertiary alicyclic amines) is 1. The van der Waals surface area contributed by atoms with Crippen molar-refractivity contribution < 1.29 is 9.59 Å². The Kier molecular flexibility index (Phi) is 5.72.